The minimum absolute atomic E-state index is 0.0560. The molecule has 0 aromatic heterocycles. The van der Waals surface area contributed by atoms with Gasteiger partial charge in [-0.3, -0.25) is 9.59 Å². The minimum atomic E-state index is -0.798. The Morgan fingerprint density at radius 3 is 1.48 bits per heavy atom. The molecule has 0 aliphatic carbocycles. The molecule has 0 heterocycles. The highest BCUT2D eigenvalue weighted by atomic mass is 16.5. The lowest BCUT2D eigenvalue weighted by atomic mass is 10.0. The number of nitrogens with one attached hydrogen (secondary N) is 1. The zero-order valence-electron chi connectivity index (χ0n) is 40.7. The van der Waals surface area contributed by atoms with Crippen molar-refractivity contribution in [3.63, 3.8) is 0 Å². The summed E-state index contributed by atoms with van der Waals surface area (Å²) in [5.41, 5.74) is 0. The summed E-state index contributed by atoms with van der Waals surface area (Å²) in [6.07, 6.45) is 62.4. The van der Waals surface area contributed by atoms with Crippen molar-refractivity contribution in [1.82, 2.24) is 5.32 Å². The summed E-state index contributed by atoms with van der Waals surface area (Å²) < 4.78 is 5.92. The summed E-state index contributed by atoms with van der Waals surface area (Å²) in [6, 6.07) is -0.714. The number of aliphatic hydroxyl groups excluding tert-OH is 2. The largest absolute Gasteiger partial charge is 0.462 e. The van der Waals surface area contributed by atoms with Gasteiger partial charge in [-0.2, -0.15) is 0 Å². The summed E-state index contributed by atoms with van der Waals surface area (Å²) in [7, 11) is 0. The fourth-order valence-electron chi connectivity index (χ4n) is 7.65. The van der Waals surface area contributed by atoms with E-state index in [4.69, 9.17) is 4.74 Å². The van der Waals surface area contributed by atoms with E-state index in [9.17, 15) is 19.8 Å². The monoisotopic (exact) mass is 866 g/mol. The number of hydrogen-bond donors (Lipinski definition) is 3. The number of allylic oxidation sites excluding steroid dienone is 12. The molecule has 0 radical (unpaired) electrons. The quantitative estimate of drug-likeness (QED) is 0.0245. The van der Waals surface area contributed by atoms with Crippen LogP contribution in [0.25, 0.3) is 0 Å². The number of ether oxygens (including phenoxy) is 1. The molecule has 0 fully saturated rings. The number of amides is 1. The van der Waals surface area contributed by atoms with Gasteiger partial charge in [-0.05, 0) is 77.0 Å². The number of hydrogen-bond acceptors (Lipinski definition) is 5. The normalized spacial score (nSPS) is 13.8. The summed E-state index contributed by atoms with van der Waals surface area (Å²) in [5, 5.41) is 23.8. The molecule has 358 valence electrons. The molecule has 0 aliphatic rings. The van der Waals surface area contributed by atoms with Crippen LogP contribution in [0.1, 0.15) is 245 Å². The van der Waals surface area contributed by atoms with Gasteiger partial charge < -0.3 is 20.3 Å². The van der Waals surface area contributed by atoms with Crippen molar-refractivity contribution in [3.05, 3.63) is 72.9 Å². The van der Waals surface area contributed by atoms with Crippen molar-refractivity contribution in [2.75, 3.05) is 6.61 Å². The number of unbranched alkanes of at least 4 members (excludes halogenated alkanes) is 25. The van der Waals surface area contributed by atoms with Crippen LogP contribution < -0.4 is 5.32 Å². The van der Waals surface area contributed by atoms with Gasteiger partial charge in [-0.25, -0.2) is 0 Å². The van der Waals surface area contributed by atoms with Crippen molar-refractivity contribution < 1.29 is 24.5 Å². The van der Waals surface area contributed by atoms with E-state index in [1.54, 1.807) is 0 Å². The van der Waals surface area contributed by atoms with Crippen molar-refractivity contribution in [2.45, 2.75) is 264 Å². The van der Waals surface area contributed by atoms with Gasteiger partial charge in [0.1, 0.15) is 6.10 Å². The van der Waals surface area contributed by atoms with E-state index in [0.717, 1.165) is 96.3 Å². The third-order valence-corrected chi connectivity index (χ3v) is 11.6. The van der Waals surface area contributed by atoms with Gasteiger partial charge in [0.15, 0.2) is 0 Å². The Bertz CT molecular complexity index is 1150. The molecule has 0 saturated heterocycles. The maximum absolute atomic E-state index is 13.2. The SMILES string of the molecule is CC/C=C/C=C/C=C/C=C\CCCCCCCC(=O)OC(CCCCCCC/C=C\C/C=C\CCCCC)CC(=O)NC(CO)C(O)CCCCCCCCCCCCCCC. The maximum Gasteiger partial charge on any atom is 0.306 e. The van der Waals surface area contributed by atoms with Gasteiger partial charge in [-0.1, -0.05) is 229 Å². The number of rotatable bonds is 46. The molecule has 0 aromatic rings. The Balaban J connectivity index is 4.66. The van der Waals surface area contributed by atoms with E-state index in [2.05, 4.69) is 80.8 Å². The molecule has 6 nitrogen and oxygen atoms in total. The standard InChI is InChI=1S/C56H99NO5/c1-4-7-10-13-16-19-22-25-27-30-32-35-38-41-44-47-52(62-56(61)49-46-43-40-37-34-31-28-26-23-20-17-14-11-8-5-2)50-55(60)57-53(51-58)54(59)48-45-42-39-36-33-29-24-21-18-15-12-9-6-3/h8,11,14,16-17,19-20,23,25-28,52-54,58-59H,4-7,9-10,12-13,15,18,21-22,24,29-51H2,1-3H3,(H,57,60)/b11-8+,17-14+,19-16-,23-20+,27-25-,28-26-. The summed E-state index contributed by atoms with van der Waals surface area (Å²) in [5.74, 6) is -0.514. The highest BCUT2D eigenvalue weighted by Crippen LogP contribution is 2.18. The van der Waals surface area contributed by atoms with Crippen molar-refractivity contribution in [3.8, 4) is 0 Å². The molecule has 6 heteroatoms. The highest BCUT2D eigenvalue weighted by Gasteiger charge is 2.24. The van der Waals surface area contributed by atoms with Gasteiger partial charge in [-0.15, -0.1) is 0 Å². The van der Waals surface area contributed by atoms with E-state index in [1.807, 2.05) is 18.2 Å². The predicted molar refractivity (Wildman–Crippen MR) is 268 cm³/mol. The van der Waals surface area contributed by atoms with Crippen molar-refractivity contribution in [1.29, 1.82) is 0 Å². The topological polar surface area (TPSA) is 95.9 Å². The zero-order valence-corrected chi connectivity index (χ0v) is 40.7. The Morgan fingerprint density at radius 2 is 0.935 bits per heavy atom. The molecule has 3 atom stereocenters. The van der Waals surface area contributed by atoms with Crippen molar-refractivity contribution in [2.24, 2.45) is 0 Å². The second-order valence-corrected chi connectivity index (χ2v) is 17.6. The van der Waals surface area contributed by atoms with E-state index < -0.39 is 18.2 Å². The Labute approximate surface area is 383 Å². The first-order chi connectivity index (χ1) is 30.5. The second-order valence-electron chi connectivity index (χ2n) is 17.6. The molecule has 0 saturated carbocycles. The number of carbonyl (C=O) groups excluding carboxylic acids is 2. The van der Waals surface area contributed by atoms with Crippen LogP contribution in [0.5, 0.6) is 0 Å². The molecular formula is C56H99NO5. The molecule has 3 N–H and O–H groups in total. The average molecular weight is 866 g/mol. The molecule has 3 unspecified atom stereocenters. The molecular weight excluding hydrogens is 767 g/mol. The lowest BCUT2D eigenvalue weighted by molar-refractivity contribution is -0.151. The lowest BCUT2D eigenvalue weighted by Gasteiger charge is -2.24. The van der Waals surface area contributed by atoms with Crippen LogP contribution in [0, 0.1) is 0 Å². The molecule has 0 rings (SSSR count). The van der Waals surface area contributed by atoms with Crippen molar-refractivity contribution >= 4 is 11.9 Å². The number of carbonyl (C=O) groups is 2. The van der Waals surface area contributed by atoms with Gasteiger partial charge >= 0.3 is 5.97 Å². The highest BCUT2D eigenvalue weighted by molar-refractivity contribution is 5.77. The Hall–Kier alpha value is -2.70. The Kier molecular flexibility index (Phi) is 47.2. The van der Waals surface area contributed by atoms with Crippen LogP contribution in [0.4, 0.5) is 0 Å². The average Bonchev–Trinajstić information content (AvgIpc) is 3.26. The first kappa shape index (κ1) is 59.3. The predicted octanol–water partition coefficient (Wildman–Crippen LogP) is 15.8. The minimum Gasteiger partial charge on any atom is -0.462 e. The van der Waals surface area contributed by atoms with Crippen LogP contribution >= 0.6 is 0 Å². The molecule has 1 amide bonds. The van der Waals surface area contributed by atoms with Crippen LogP contribution in [0.15, 0.2) is 72.9 Å². The van der Waals surface area contributed by atoms with Crippen LogP contribution in [0.2, 0.25) is 0 Å². The molecule has 0 spiro atoms. The molecule has 0 bridgehead atoms. The third-order valence-electron chi connectivity index (χ3n) is 11.6. The van der Waals surface area contributed by atoms with Gasteiger partial charge in [0.05, 0.1) is 25.2 Å². The lowest BCUT2D eigenvalue weighted by Crippen LogP contribution is -2.46. The van der Waals surface area contributed by atoms with E-state index >= 15 is 0 Å². The van der Waals surface area contributed by atoms with E-state index in [0.29, 0.717) is 19.3 Å². The van der Waals surface area contributed by atoms with Gasteiger partial charge in [0.25, 0.3) is 0 Å². The fourth-order valence-corrected chi connectivity index (χ4v) is 7.65. The molecule has 0 aromatic carbocycles. The summed E-state index contributed by atoms with van der Waals surface area (Å²) in [6.45, 7) is 6.31. The Morgan fingerprint density at radius 1 is 0.500 bits per heavy atom. The van der Waals surface area contributed by atoms with E-state index in [-0.39, 0.29) is 24.9 Å². The number of aliphatic hydroxyl groups is 2. The van der Waals surface area contributed by atoms with Gasteiger partial charge in [0.2, 0.25) is 5.91 Å². The van der Waals surface area contributed by atoms with Crippen LogP contribution in [-0.4, -0.2) is 46.9 Å². The maximum atomic E-state index is 13.2. The summed E-state index contributed by atoms with van der Waals surface area (Å²) >= 11 is 0. The third kappa shape index (κ3) is 43.9. The molecule has 62 heavy (non-hydrogen) atoms. The molecule has 0 aliphatic heterocycles. The summed E-state index contributed by atoms with van der Waals surface area (Å²) in [4.78, 5) is 26.2. The fraction of sp³-hybridized carbons (Fsp3) is 0.750. The second kappa shape index (κ2) is 49.3. The van der Waals surface area contributed by atoms with Crippen LogP contribution in [0.3, 0.4) is 0 Å². The van der Waals surface area contributed by atoms with Gasteiger partial charge in [0, 0.05) is 6.42 Å². The van der Waals surface area contributed by atoms with Crippen LogP contribution in [-0.2, 0) is 14.3 Å². The number of esters is 1. The first-order valence-electron chi connectivity index (χ1n) is 26.2. The smallest absolute Gasteiger partial charge is 0.306 e. The zero-order chi connectivity index (χ0) is 45.2. The van der Waals surface area contributed by atoms with E-state index in [1.165, 1.54) is 103 Å². The first-order valence-corrected chi connectivity index (χ1v) is 26.2.